The number of cyclic esters (lactones) is 1. The molecule has 0 amide bonds. The summed E-state index contributed by atoms with van der Waals surface area (Å²) in [5.41, 5.74) is 2.34. The van der Waals surface area contributed by atoms with Gasteiger partial charge in [0.2, 0.25) is 0 Å². The number of aryl methyl sites for hydroxylation is 1. The molecule has 0 atom stereocenters. The molecule has 1 aliphatic heterocycles. The summed E-state index contributed by atoms with van der Waals surface area (Å²) in [6.45, 7) is 0.437. The maximum atomic E-state index is 11.1. The summed E-state index contributed by atoms with van der Waals surface area (Å²) < 4.78 is 5.52. The summed E-state index contributed by atoms with van der Waals surface area (Å²) in [6.07, 6.45) is 1.82. The Balaban J connectivity index is 1.97. The van der Waals surface area contributed by atoms with E-state index in [-0.39, 0.29) is 5.97 Å². The highest BCUT2D eigenvalue weighted by atomic mass is 79.9. The Morgan fingerprint density at radius 2 is 1.93 bits per heavy atom. The summed E-state index contributed by atoms with van der Waals surface area (Å²) in [6, 6.07) is 10.2. The van der Waals surface area contributed by atoms with Gasteiger partial charge in [-0.05, 0) is 39.9 Å². The summed E-state index contributed by atoms with van der Waals surface area (Å²) in [5, 5.41) is 0. The van der Waals surface area contributed by atoms with Gasteiger partial charge in [-0.2, -0.15) is 0 Å². The summed E-state index contributed by atoms with van der Waals surface area (Å²) >= 11 is 3.25. The molecule has 1 aromatic carbocycles. The van der Waals surface area contributed by atoms with Crippen molar-refractivity contribution in [2.75, 3.05) is 6.61 Å². The lowest BCUT2D eigenvalue weighted by Gasteiger charge is -2.01. The van der Waals surface area contributed by atoms with Gasteiger partial charge in [0, 0.05) is 0 Å². The zero-order chi connectivity index (χ0) is 10.7. The Morgan fingerprint density at radius 3 is 2.53 bits per heavy atom. The van der Waals surface area contributed by atoms with E-state index in [0.717, 1.165) is 18.4 Å². The Labute approximate surface area is 97.1 Å². The molecule has 1 aliphatic rings. The molecule has 0 aromatic heterocycles. The van der Waals surface area contributed by atoms with Crippen molar-refractivity contribution in [1.29, 1.82) is 0 Å². The normalized spacial score (nSPS) is 15.7. The van der Waals surface area contributed by atoms with Crippen molar-refractivity contribution in [2.24, 2.45) is 0 Å². The van der Waals surface area contributed by atoms with Crippen LogP contribution in [-0.2, 0) is 16.0 Å². The van der Waals surface area contributed by atoms with Crippen LogP contribution in [0.3, 0.4) is 0 Å². The second kappa shape index (κ2) is 4.62. The maximum absolute atomic E-state index is 11.1. The van der Waals surface area contributed by atoms with Crippen LogP contribution in [0.25, 0.3) is 0 Å². The van der Waals surface area contributed by atoms with Crippen LogP contribution in [0.2, 0.25) is 0 Å². The van der Waals surface area contributed by atoms with E-state index in [9.17, 15) is 4.79 Å². The number of hydrogen-bond acceptors (Lipinski definition) is 2. The largest absolute Gasteiger partial charge is 0.457 e. The number of halogens is 1. The second-order valence-electron chi connectivity index (χ2n) is 3.48. The first-order valence-corrected chi connectivity index (χ1v) is 5.65. The van der Waals surface area contributed by atoms with E-state index < -0.39 is 0 Å². The van der Waals surface area contributed by atoms with Crippen LogP contribution >= 0.6 is 15.9 Å². The van der Waals surface area contributed by atoms with Crippen LogP contribution < -0.4 is 0 Å². The van der Waals surface area contributed by atoms with E-state index in [4.69, 9.17) is 4.74 Å². The summed E-state index contributed by atoms with van der Waals surface area (Å²) in [5.74, 6) is -0.238. The van der Waals surface area contributed by atoms with Crippen LogP contribution in [0, 0.1) is 0 Å². The minimum absolute atomic E-state index is 0.238. The fourth-order valence-electron chi connectivity index (χ4n) is 1.55. The summed E-state index contributed by atoms with van der Waals surface area (Å²) in [4.78, 5) is 11.1. The number of benzene rings is 1. The van der Waals surface area contributed by atoms with Crippen LogP contribution in [-0.4, -0.2) is 12.6 Å². The van der Waals surface area contributed by atoms with E-state index in [2.05, 4.69) is 28.1 Å². The molecular formula is C12H11BrO2. The molecule has 0 bridgehead atoms. The molecule has 0 unspecified atom stereocenters. The molecule has 1 heterocycles. The van der Waals surface area contributed by atoms with Gasteiger partial charge in [0.1, 0.15) is 11.1 Å². The smallest absolute Gasteiger partial charge is 0.345 e. The zero-order valence-electron chi connectivity index (χ0n) is 8.20. The number of hydrogen-bond donors (Lipinski definition) is 0. The topological polar surface area (TPSA) is 26.3 Å². The third-order valence-corrected chi connectivity index (χ3v) is 3.31. The molecule has 15 heavy (non-hydrogen) atoms. The van der Waals surface area contributed by atoms with Gasteiger partial charge in [-0.1, -0.05) is 30.3 Å². The average molecular weight is 267 g/mol. The van der Waals surface area contributed by atoms with E-state index >= 15 is 0 Å². The minimum Gasteiger partial charge on any atom is -0.457 e. The van der Waals surface area contributed by atoms with E-state index in [1.54, 1.807) is 0 Å². The highest BCUT2D eigenvalue weighted by Crippen LogP contribution is 2.24. The molecule has 0 aliphatic carbocycles. The van der Waals surface area contributed by atoms with Crippen molar-refractivity contribution in [2.45, 2.75) is 12.8 Å². The molecule has 2 nitrogen and oxygen atoms in total. The van der Waals surface area contributed by atoms with Crippen LogP contribution in [0.1, 0.15) is 12.0 Å². The molecule has 2 rings (SSSR count). The van der Waals surface area contributed by atoms with Gasteiger partial charge >= 0.3 is 5.97 Å². The Morgan fingerprint density at radius 1 is 1.20 bits per heavy atom. The predicted octanol–water partition coefficient (Wildman–Crippen LogP) is 2.83. The van der Waals surface area contributed by atoms with Crippen molar-refractivity contribution in [3.05, 3.63) is 46.0 Å². The molecule has 0 radical (unpaired) electrons. The first-order chi connectivity index (χ1) is 7.27. The number of ether oxygens (including phenoxy) is 1. The first kappa shape index (κ1) is 10.4. The Kier molecular flexibility index (Phi) is 3.21. The third-order valence-electron chi connectivity index (χ3n) is 2.43. The first-order valence-electron chi connectivity index (χ1n) is 4.86. The maximum Gasteiger partial charge on any atom is 0.345 e. The van der Waals surface area contributed by atoms with Crippen molar-refractivity contribution >= 4 is 21.9 Å². The standard InChI is InChI=1S/C12H11BrO2/c13-11-10(8-15-12(11)14)7-6-9-4-2-1-3-5-9/h1-5H,6-8H2. The van der Waals surface area contributed by atoms with Crippen molar-refractivity contribution < 1.29 is 9.53 Å². The van der Waals surface area contributed by atoms with E-state index in [1.165, 1.54) is 5.56 Å². The Bertz CT molecular complexity index is 395. The predicted molar refractivity (Wildman–Crippen MR) is 61.7 cm³/mol. The third kappa shape index (κ3) is 2.48. The molecular weight excluding hydrogens is 256 g/mol. The molecule has 0 fully saturated rings. The zero-order valence-corrected chi connectivity index (χ0v) is 9.79. The lowest BCUT2D eigenvalue weighted by molar-refractivity contribution is -0.135. The molecule has 0 N–H and O–H groups in total. The SMILES string of the molecule is O=C1OCC(CCc2ccccc2)=C1Br. The average Bonchev–Trinajstić information content (AvgIpc) is 2.59. The highest BCUT2D eigenvalue weighted by molar-refractivity contribution is 9.12. The number of esters is 1. The van der Waals surface area contributed by atoms with Gasteiger partial charge in [0.25, 0.3) is 0 Å². The quantitative estimate of drug-likeness (QED) is 0.787. The van der Waals surface area contributed by atoms with Crippen molar-refractivity contribution in [3.8, 4) is 0 Å². The van der Waals surface area contributed by atoms with Crippen molar-refractivity contribution in [1.82, 2.24) is 0 Å². The number of carbonyl (C=O) groups excluding carboxylic acids is 1. The molecule has 78 valence electrons. The fraction of sp³-hybridized carbons (Fsp3) is 0.250. The van der Waals surface area contributed by atoms with Crippen LogP contribution in [0.15, 0.2) is 40.4 Å². The fourth-order valence-corrected chi connectivity index (χ4v) is 1.97. The van der Waals surface area contributed by atoms with Crippen LogP contribution in [0.4, 0.5) is 0 Å². The molecule has 0 spiro atoms. The molecule has 0 saturated heterocycles. The van der Waals surface area contributed by atoms with Gasteiger partial charge in [-0.25, -0.2) is 4.79 Å². The van der Waals surface area contributed by atoms with Crippen LogP contribution in [0.5, 0.6) is 0 Å². The van der Waals surface area contributed by atoms with Gasteiger partial charge in [0.05, 0.1) is 0 Å². The lowest BCUT2D eigenvalue weighted by Crippen LogP contribution is -1.93. The lowest BCUT2D eigenvalue weighted by atomic mass is 10.1. The highest BCUT2D eigenvalue weighted by Gasteiger charge is 2.21. The molecule has 1 aromatic rings. The van der Waals surface area contributed by atoms with Gasteiger partial charge in [-0.15, -0.1) is 0 Å². The van der Waals surface area contributed by atoms with Crippen molar-refractivity contribution in [3.63, 3.8) is 0 Å². The number of carbonyl (C=O) groups is 1. The van der Waals surface area contributed by atoms with Gasteiger partial charge in [-0.3, -0.25) is 0 Å². The van der Waals surface area contributed by atoms with E-state index in [1.807, 2.05) is 18.2 Å². The Hall–Kier alpha value is -1.09. The molecule has 0 saturated carbocycles. The van der Waals surface area contributed by atoms with Gasteiger partial charge in [0.15, 0.2) is 0 Å². The molecule has 3 heteroatoms. The van der Waals surface area contributed by atoms with E-state index in [0.29, 0.717) is 11.1 Å². The number of rotatable bonds is 3. The summed E-state index contributed by atoms with van der Waals surface area (Å²) in [7, 11) is 0. The van der Waals surface area contributed by atoms with Gasteiger partial charge < -0.3 is 4.74 Å². The second-order valence-corrected chi connectivity index (χ2v) is 4.27. The minimum atomic E-state index is -0.238. The monoisotopic (exact) mass is 266 g/mol.